The summed E-state index contributed by atoms with van der Waals surface area (Å²) in [6, 6.07) is 8.12. The molecule has 1 aliphatic heterocycles. The smallest absolute Gasteiger partial charge is 0.251 e. The van der Waals surface area contributed by atoms with E-state index in [-0.39, 0.29) is 17.9 Å². The van der Waals surface area contributed by atoms with Crippen LogP contribution in [0.15, 0.2) is 29.2 Å². The molecular weight excluding hydrogens is 246 g/mol. The van der Waals surface area contributed by atoms with Gasteiger partial charge >= 0.3 is 0 Å². The molecule has 2 aliphatic rings. The minimum absolute atomic E-state index is 0.000602. The molecule has 0 saturated heterocycles. The normalized spacial score (nSPS) is 23.0. The third kappa shape index (κ3) is 2.40. The monoisotopic (exact) mass is 263 g/mol. The van der Waals surface area contributed by atoms with E-state index in [4.69, 9.17) is 4.84 Å². The topological polar surface area (TPSA) is 38.3 Å². The highest BCUT2D eigenvalue weighted by Gasteiger charge is 2.29. The molecule has 1 heterocycles. The molecule has 1 atom stereocenters. The first-order chi connectivity index (χ1) is 8.84. The minimum atomic E-state index is -0.0624. The maximum Gasteiger partial charge on any atom is 0.251 e. The van der Waals surface area contributed by atoms with Gasteiger partial charge in [-0.3, -0.25) is 9.63 Å². The first kappa shape index (κ1) is 12.1. The Kier molecular flexibility index (Phi) is 3.57. The third-order valence-corrected chi connectivity index (χ3v) is 4.83. The summed E-state index contributed by atoms with van der Waals surface area (Å²) in [5, 5.41) is 0. The Hall–Kier alpha value is -1.00. The van der Waals surface area contributed by atoms with Crippen LogP contribution in [0.3, 0.4) is 0 Å². The van der Waals surface area contributed by atoms with Crippen LogP contribution in [-0.4, -0.2) is 17.8 Å². The predicted octanol–water partition coefficient (Wildman–Crippen LogP) is 2.87. The molecule has 0 bridgehead atoms. The Morgan fingerprint density at radius 1 is 1.28 bits per heavy atom. The fourth-order valence-electron chi connectivity index (χ4n) is 2.60. The Labute approximate surface area is 111 Å². The van der Waals surface area contributed by atoms with Crippen molar-refractivity contribution in [1.29, 1.82) is 0 Å². The number of fused-ring (bicyclic) bond motifs is 1. The number of hydroxylamine groups is 1. The number of benzene rings is 1. The van der Waals surface area contributed by atoms with E-state index >= 15 is 0 Å². The molecule has 3 nitrogen and oxygen atoms in total. The van der Waals surface area contributed by atoms with Crippen molar-refractivity contribution in [1.82, 2.24) is 5.48 Å². The van der Waals surface area contributed by atoms with Crippen LogP contribution in [0.4, 0.5) is 0 Å². The van der Waals surface area contributed by atoms with Crippen LogP contribution in [0.5, 0.6) is 0 Å². The number of carbonyl (C=O) groups excluding carboxylic acids is 1. The first-order valence-corrected chi connectivity index (χ1v) is 7.50. The second-order valence-electron chi connectivity index (χ2n) is 4.89. The molecule has 0 spiro atoms. The summed E-state index contributed by atoms with van der Waals surface area (Å²) in [6.45, 7) is 0. The number of thioether (sulfide) groups is 1. The fraction of sp³-hybridized carbons (Fsp3) is 0.500. The van der Waals surface area contributed by atoms with Crippen LogP contribution in [0.1, 0.15) is 37.2 Å². The second kappa shape index (κ2) is 5.33. The van der Waals surface area contributed by atoms with Gasteiger partial charge in [-0.2, -0.15) is 0 Å². The fourth-order valence-corrected chi connectivity index (χ4v) is 3.83. The lowest BCUT2D eigenvalue weighted by Crippen LogP contribution is -2.32. The van der Waals surface area contributed by atoms with Gasteiger partial charge in [0.1, 0.15) is 0 Å². The van der Waals surface area contributed by atoms with Gasteiger partial charge in [-0.15, -0.1) is 11.8 Å². The first-order valence-electron chi connectivity index (χ1n) is 6.52. The van der Waals surface area contributed by atoms with Gasteiger partial charge in [0.2, 0.25) is 0 Å². The molecule has 1 aromatic carbocycles. The number of hydrogen-bond donors (Lipinski definition) is 1. The lowest BCUT2D eigenvalue weighted by Gasteiger charge is -2.14. The molecule has 1 fully saturated rings. The van der Waals surface area contributed by atoms with E-state index < -0.39 is 0 Å². The van der Waals surface area contributed by atoms with Gasteiger partial charge in [0.25, 0.3) is 5.91 Å². The number of nitrogens with one attached hydrogen (secondary N) is 1. The van der Waals surface area contributed by atoms with Crippen molar-refractivity contribution in [2.45, 2.75) is 42.6 Å². The van der Waals surface area contributed by atoms with E-state index in [1.54, 1.807) is 11.8 Å². The van der Waals surface area contributed by atoms with Gasteiger partial charge in [0, 0.05) is 10.6 Å². The van der Waals surface area contributed by atoms with Crippen molar-refractivity contribution in [2.24, 2.45) is 0 Å². The van der Waals surface area contributed by atoms with E-state index in [0.717, 1.165) is 24.2 Å². The molecular formula is C14H17NO2S. The molecule has 1 N–H and O–H groups in total. The summed E-state index contributed by atoms with van der Waals surface area (Å²) in [5.41, 5.74) is 3.79. The molecule has 1 aliphatic carbocycles. The molecule has 4 heteroatoms. The zero-order chi connectivity index (χ0) is 12.4. The molecule has 1 aromatic rings. The van der Waals surface area contributed by atoms with E-state index in [2.05, 4.69) is 11.5 Å². The van der Waals surface area contributed by atoms with Gasteiger partial charge < -0.3 is 0 Å². The average Bonchev–Trinajstić information content (AvgIpc) is 3.05. The number of carbonyl (C=O) groups is 1. The molecule has 0 radical (unpaired) electrons. The minimum Gasteiger partial charge on any atom is -0.272 e. The Morgan fingerprint density at radius 2 is 2.06 bits per heavy atom. The van der Waals surface area contributed by atoms with E-state index in [1.807, 2.05) is 18.2 Å². The Balaban J connectivity index is 1.60. The molecule has 96 valence electrons. The highest BCUT2D eigenvalue weighted by molar-refractivity contribution is 7.99. The summed E-state index contributed by atoms with van der Waals surface area (Å²) < 4.78 is 0. The summed E-state index contributed by atoms with van der Waals surface area (Å²) in [6.07, 6.45) is 4.77. The Morgan fingerprint density at radius 3 is 2.89 bits per heavy atom. The largest absolute Gasteiger partial charge is 0.272 e. The highest BCUT2D eigenvalue weighted by atomic mass is 32.2. The maximum atomic E-state index is 12.1. The van der Waals surface area contributed by atoms with Crippen LogP contribution in [0.2, 0.25) is 0 Å². The maximum absolute atomic E-state index is 12.1. The standard InChI is InChI=1S/C14H17NO2S/c16-14(15-17-10-5-1-2-6-10)12-9-18-13-8-4-3-7-11(12)13/h3-4,7-8,10,12H,1-2,5-6,9H2,(H,15,16). The lowest BCUT2D eigenvalue weighted by molar-refractivity contribution is -0.139. The number of amides is 1. The SMILES string of the molecule is O=C(NOC1CCCC1)C1CSc2ccccc21. The summed E-state index contributed by atoms with van der Waals surface area (Å²) in [7, 11) is 0. The zero-order valence-electron chi connectivity index (χ0n) is 10.2. The van der Waals surface area contributed by atoms with Crippen molar-refractivity contribution < 1.29 is 9.63 Å². The van der Waals surface area contributed by atoms with E-state index in [0.29, 0.717) is 0 Å². The van der Waals surface area contributed by atoms with Crippen molar-refractivity contribution in [3.8, 4) is 0 Å². The van der Waals surface area contributed by atoms with Gasteiger partial charge in [-0.25, -0.2) is 5.48 Å². The molecule has 1 unspecified atom stereocenters. The van der Waals surface area contributed by atoms with Gasteiger partial charge in [-0.05, 0) is 24.5 Å². The number of rotatable bonds is 3. The van der Waals surface area contributed by atoms with E-state index in [9.17, 15) is 4.79 Å². The molecule has 3 rings (SSSR count). The van der Waals surface area contributed by atoms with Crippen LogP contribution < -0.4 is 5.48 Å². The third-order valence-electron chi connectivity index (χ3n) is 3.64. The summed E-state index contributed by atoms with van der Waals surface area (Å²) >= 11 is 1.75. The van der Waals surface area contributed by atoms with Crippen LogP contribution in [-0.2, 0) is 9.63 Å². The lowest BCUT2D eigenvalue weighted by atomic mass is 10.0. The number of hydrogen-bond acceptors (Lipinski definition) is 3. The van der Waals surface area contributed by atoms with E-state index in [1.165, 1.54) is 17.7 Å². The Bertz CT molecular complexity index is 443. The quantitative estimate of drug-likeness (QED) is 0.852. The van der Waals surface area contributed by atoms with Crippen LogP contribution >= 0.6 is 11.8 Å². The zero-order valence-corrected chi connectivity index (χ0v) is 11.0. The summed E-state index contributed by atoms with van der Waals surface area (Å²) in [5.74, 6) is 0.756. The van der Waals surface area contributed by atoms with Crippen molar-refractivity contribution in [3.63, 3.8) is 0 Å². The second-order valence-corrected chi connectivity index (χ2v) is 5.95. The predicted molar refractivity (Wildman–Crippen MR) is 71.4 cm³/mol. The van der Waals surface area contributed by atoms with Gasteiger partial charge in [-0.1, -0.05) is 31.0 Å². The average molecular weight is 263 g/mol. The molecule has 1 saturated carbocycles. The van der Waals surface area contributed by atoms with Crippen LogP contribution in [0.25, 0.3) is 0 Å². The van der Waals surface area contributed by atoms with Gasteiger partial charge in [0.05, 0.1) is 12.0 Å². The molecule has 0 aromatic heterocycles. The summed E-state index contributed by atoms with van der Waals surface area (Å²) in [4.78, 5) is 18.8. The van der Waals surface area contributed by atoms with Crippen molar-refractivity contribution in [3.05, 3.63) is 29.8 Å². The molecule has 1 amide bonds. The van der Waals surface area contributed by atoms with Crippen LogP contribution in [0, 0.1) is 0 Å². The highest BCUT2D eigenvalue weighted by Crippen LogP contribution is 2.39. The van der Waals surface area contributed by atoms with Crippen molar-refractivity contribution in [2.75, 3.05) is 5.75 Å². The molecule has 18 heavy (non-hydrogen) atoms. The van der Waals surface area contributed by atoms with Gasteiger partial charge in [0.15, 0.2) is 0 Å². The van der Waals surface area contributed by atoms with Crippen molar-refractivity contribution >= 4 is 17.7 Å².